The molecule has 1 saturated heterocycles. The van der Waals surface area contributed by atoms with Gasteiger partial charge in [-0.2, -0.15) is 4.31 Å². The Kier molecular flexibility index (Phi) is 4.83. The maximum absolute atomic E-state index is 12.9. The van der Waals surface area contributed by atoms with Gasteiger partial charge in [0, 0.05) is 19.1 Å². The Morgan fingerprint density at radius 1 is 1.30 bits per heavy atom. The lowest BCUT2D eigenvalue weighted by Crippen LogP contribution is -2.38. The largest absolute Gasteiger partial charge is 0.326 e. The van der Waals surface area contributed by atoms with Crippen molar-refractivity contribution in [3.05, 3.63) is 29.3 Å². The van der Waals surface area contributed by atoms with Gasteiger partial charge in [0.1, 0.15) is 0 Å². The van der Waals surface area contributed by atoms with Gasteiger partial charge in [0.2, 0.25) is 10.0 Å². The van der Waals surface area contributed by atoms with Crippen LogP contribution in [0.25, 0.3) is 0 Å². The van der Waals surface area contributed by atoms with Crippen LogP contribution in [0.5, 0.6) is 0 Å². The van der Waals surface area contributed by atoms with Crippen LogP contribution < -0.4 is 5.73 Å². The number of benzene rings is 1. The third-order valence-electron chi connectivity index (χ3n) is 4.19. The third kappa shape index (κ3) is 2.90. The molecule has 1 aliphatic heterocycles. The van der Waals surface area contributed by atoms with E-state index in [0.29, 0.717) is 18.0 Å². The summed E-state index contributed by atoms with van der Waals surface area (Å²) in [6, 6.07) is 5.44. The Morgan fingerprint density at radius 2 is 2.05 bits per heavy atom. The van der Waals surface area contributed by atoms with Gasteiger partial charge in [-0.15, -0.1) is 0 Å². The Bertz CT molecular complexity index is 569. The molecule has 5 heteroatoms. The highest BCUT2D eigenvalue weighted by atomic mass is 32.2. The Hall–Kier alpha value is -0.910. The topological polar surface area (TPSA) is 63.4 Å². The maximum atomic E-state index is 12.9. The summed E-state index contributed by atoms with van der Waals surface area (Å²) in [7, 11) is -3.42. The predicted octanol–water partition coefficient (Wildman–Crippen LogP) is 2.41. The standard InChI is InChI=1S/C15H24N2O2S/c1-12-7-4-3-5-10-17(12)20(18,19)15-9-6-8-14(11-16)13(15)2/h6,8-9,12H,3-5,7,10-11,16H2,1-2H3. The molecule has 1 aliphatic rings. The van der Waals surface area contributed by atoms with Gasteiger partial charge in [-0.05, 0) is 43.9 Å². The molecule has 0 amide bonds. The summed E-state index contributed by atoms with van der Waals surface area (Å²) < 4.78 is 27.5. The molecule has 2 N–H and O–H groups in total. The van der Waals surface area contributed by atoms with E-state index in [1.807, 2.05) is 19.9 Å². The zero-order valence-electron chi connectivity index (χ0n) is 12.3. The van der Waals surface area contributed by atoms with Crippen molar-refractivity contribution in [2.75, 3.05) is 6.54 Å². The summed E-state index contributed by atoms with van der Waals surface area (Å²) in [4.78, 5) is 0.411. The first-order valence-corrected chi connectivity index (χ1v) is 8.73. The van der Waals surface area contributed by atoms with E-state index in [-0.39, 0.29) is 6.04 Å². The number of sulfonamides is 1. The van der Waals surface area contributed by atoms with Crippen molar-refractivity contribution >= 4 is 10.0 Å². The van der Waals surface area contributed by atoms with E-state index in [9.17, 15) is 8.42 Å². The fourth-order valence-corrected chi connectivity index (χ4v) is 4.86. The molecule has 0 radical (unpaired) electrons. The Balaban J connectivity index is 2.44. The van der Waals surface area contributed by atoms with Crippen molar-refractivity contribution in [3.8, 4) is 0 Å². The van der Waals surface area contributed by atoms with Crippen LogP contribution in [0.3, 0.4) is 0 Å². The van der Waals surface area contributed by atoms with Crippen molar-refractivity contribution in [2.24, 2.45) is 5.73 Å². The van der Waals surface area contributed by atoms with E-state index < -0.39 is 10.0 Å². The van der Waals surface area contributed by atoms with Gasteiger partial charge in [0.15, 0.2) is 0 Å². The summed E-state index contributed by atoms with van der Waals surface area (Å²) in [6.07, 6.45) is 4.10. The molecule has 0 saturated carbocycles. The SMILES string of the molecule is Cc1c(CN)cccc1S(=O)(=O)N1CCCCCC1C. The smallest absolute Gasteiger partial charge is 0.243 e. The predicted molar refractivity (Wildman–Crippen MR) is 80.9 cm³/mol. The van der Waals surface area contributed by atoms with E-state index in [1.54, 1.807) is 16.4 Å². The van der Waals surface area contributed by atoms with Crippen molar-refractivity contribution in [1.29, 1.82) is 0 Å². The molecule has 20 heavy (non-hydrogen) atoms. The average Bonchev–Trinajstić information content (AvgIpc) is 2.63. The van der Waals surface area contributed by atoms with Crippen molar-refractivity contribution in [1.82, 2.24) is 4.31 Å². The molecular formula is C15H24N2O2S. The highest BCUT2D eigenvalue weighted by Gasteiger charge is 2.31. The lowest BCUT2D eigenvalue weighted by Gasteiger charge is -2.27. The maximum Gasteiger partial charge on any atom is 0.243 e. The van der Waals surface area contributed by atoms with E-state index in [1.165, 1.54) is 0 Å². The highest BCUT2D eigenvalue weighted by Crippen LogP contribution is 2.27. The van der Waals surface area contributed by atoms with Crippen LogP contribution >= 0.6 is 0 Å². The minimum atomic E-state index is -3.42. The molecular weight excluding hydrogens is 272 g/mol. The fraction of sp³-hybridized carbons (Fsp3) is 0.600. The van der Waals surface area contributed by atoms with Gasteiger partial charge >= 0.3 is 0 Å². The van der Waals surface area contributed by atoms with E-state index in [2.05, 4.69) is 0 Å². The van der Waals surface area contributed by atoms with Gasteiger partial charge in [-0.3, -0.25) is 0 Å². The molecule has 0 aliphatic carbocycles. The lowest BCUT2D eigenvalue weighted by molar-refractivity contribution is 0.342. The van der Waals surface area contributed by atoms with E-state index >= 15 is 0 Å². The average molecular weight is 296 g/mol. The van der Waals surface area contributed by atoms with Crippen molar-refractivity contribution in [2.45, 2.75) is 57.0 Å². The summed E-state index contributed by atoms with van der Waals surface area (Å²) in [5.74, 6) is 0. The van der Waals surface area contributed by atoms with Crippen molar-refractivity contribution < 1.29 is 8.42 Å². The highest BCUT2D eigenvalue weighted by molar-refractivity contribution is 7.89. The molecule has 1 fully saturated rings. The molecule has 0 spiro atoms. The summed E-state index contributed by atoms with van der Waals surface area (Å²) >= 11 is 0. The van der Waals surface area contributed by atoms with Crippen LogP contribution in [-0.2, 0) is 16.6 Å². The second kappa shape index (κ2) is 6.24. The molecule has 112 valence electrons. The molecule has 2 rings (SSSR count). The first kappa shape index (κ1) is 15.5. The van der Waals surface area contributed by atoms with E-state index in [4.69, 9.17) is 5.73 Å². The monoisotopic (exact) mass is 296 g/mol. The van der Waals surface area contributed by atoms with Gasteiger partial charge in [0.25, 0.3) is 0 Å². The quantitative estimate of drug-likeness (QED) is 0.931. The Labute approximate surface area is 122 Å². The zero-order valence-corrected chi connectivity index (χ0v) is 13.1. The van der Waals surface area contributed by atoms with Crippen molar-refractivity contribution in [3.63, 3.8) is 0 Å². The molecule has 1 aromatic rings. The summed E-state index contributed by atoms with van der Waals surface area (Å²) in [5.41, 5.74) is 7.37. The van der Waals surface area contributed by atoms with Crippen LogP contribution in [-0.4, -0.2) is 25.3 Å². The molecule has 1 atom stereocenters. The van der Waals surface area contributed by atoms with E-state index in [0.717, 1.165) is 36.8 Å². The summed E-state index contributed by atoms with van der Waals surface area (Å²) in [5, 5.41) is 0. The van der Waals surface area contributed by atoms with Crippen LogP contribution in [0.4, 0.5) is 0 Å². The number of nitrogens with zero attached hydrogens (tertiary/aromatic N) is 1. The number of nitrogens with two attached hydrogens (primary N) is 1. The fourth-order valence-electron chi connectivity index (χ4n) is 2.89. The van der Waals surface area contributed by atoms with Gasteiger partial charge in [-0.25, -0.2) is 8.42 Å². The second-order valence-corrected chi connectivity index (χ2v) is 7.42. The zero-order chi connectivity index (χ0) is 14.8. The number of hydrogen-bond donors (Lipinski definition) is 1. The summed E-state index contributed by atoms with van der Waals surface area (Å²) in [6.45, 7) is 4.84. The first-order chi connectivity index (χ1) is 9.48. The number of rotatable bonds is 3. The molecule has 1 unspecified atom stereocenters. The lowest BCUT2D eigenvalue weighted by atomic mass is 10.1. The Morgan fingerprint density at radius 3 is 2.75 bits per heavy atom. The molecule has 0 aromatic heterocycles. The second-order valence-electron chi connectivity index (χ2n) is 5.56. The molecule has 1 heterocycles. The first-order valence-electron chi connectivity index (χ1n) is 7.29. The van der Waals surface area contributed by atoms with Crippen LogP contribution in [0, 0.1) is 6.92 Å². The van der Waals surface area contributed by atoms with Gasteiger partial charge in [0.05, 0.1) is 4.90 Å². The molecule has 0 bridgehead atoms. The minimum Gasteiger partial charge on any atom is -0.326 e. The third-order valence-corrected chi connectivity index (χ3v) is 6.35. The molecule has 4 nitrogen and oxygen atoms in total. The van der Waals surface area contributed by atoms with Crippen LogP contribution in [0.15, 0.2) is 23.1 Å². The van der Waals surface area contributed by atoms with Gasteiger partial charge < -0.3 is 5.73 Å². The minimum absolute atomic E-state index is 0.0726. The normalized spacial score (nSPS) is 21.6. The molecule has 1 aromatic carbocycles. The van der Waals surface area contributed by atoms with Gasteiger partial charge in [-0.1, -0.05) is 25.0 Å². The van der Waals surface area contributed by atoms with Crippen LogP contribution in [0.1, 0.15) is 43.7 Å². The number of hydrogen-bond acceptors (Lipinski definition) is 3. The van der Waals surface area contributed by atoms with Crippen LogP contribution in [0.2, 0.25) is 0 Å².